The molecule has 0 saturated carbocycles. The average molecular weight is 201 g/mol. The Bertz CT molecular complexity index is 200. The summed E-state index contributed by atoms with van der Waals surface area (Å²) in [6.07, 6.45) is 1.70. The summed E-state index contributed by atoms with van der Waals surface area (Å²) in [6, 6.07) is 0. The minimum Gasteiger partial charge on any atom is -0.373 e. The number of rotatable bonds is 4. The van der Waals surface area contributed by atoms with E-state index in [-0.39, 0.29) is 17.6 Å². The molecular weight excluding hydrogens is 182 g/mol. The van der Waals surface area contributed by atoms with Crippen LogP contribution in [0.4, 0.5) is 0 Å². The van der Waals surface area contributed by atoms with E-state index in [1.807, 2.05) is 6.92 Å². The first-order chi connectivity index (χ1) is 6.57. The molecule has 14 heavy (non-hydrogen) atoms. The van der Waals surface area contributed by atoms with E-state index in [9.17, 15) is 4.79 Å². The Morgan fingerprint density at radius 2 is 2.43 bits per heavy atom. The van der Waals surface area contributed by atoms with Crippen molar-refractivity contribution in [3.8, 4) is 0 Å². The van der Waals surface area contributed by atoms with Gasteiger partial charge in [-0.05, 0) is 26.7 Å². The van der Waals surface area contributed by atoms with Crippen molar-refractivity contribution < 1.29 is 14.3 Å². The number of carbonyl (C=O) groups excluding carboxylic acids is 1. The van der Waals surface area contributed by atoms with E-state index >= 15 is 0 Å². The fraction of sp³-hybridized carbons (Fsp3) is 0.900. The second-order valence-corrected chi connectivity index (χ2v) is 4.00. The summed E-state index contributed by atoms with van der Waals surface area (Å²) in [5.41, 5.74) is -0.177. The number of hydrogen-bond donors (Lipinski definition) is 1. The van der Waals surface area contributed by atoms with Gasteiger partial charge in [0.15, 0.2) is 0 Å². The van der Waals surface area contributed by atoms with Gasteiger partial charge in [-0.1, -0.05) is 0 Å². The lowest BCUT2D eigenvalue weighted by Crippen LogP contribution is -2.43. The van der Waals surface area contributed by atoms with Crippen molar-refractivity contribution >= 4 is 5.91 Å². The Morgan fingerprint density at radius 1 is 1.71 bits per heavy atom. The first-order valence-corrected chi connectivity index (χ1v) is 5.02. The molecule has 0 aromatic carbocycles. The predicted octanol–water partition coefficient (Wildman–Crippen LogP) is 0.707. The molecule has 2 unspecified atom stereocenters. The van der Waals surface area contributed by atoms with E-state index in [0.29, 0.717) is 6.54 Å². The van der Waals surface area contributed by atoms with Gasteiger partial charge in [0.25, 0.3) is 0 Å². The van der Waals surface area contributed by atoms with Gasteiger partial charge in [0, 0.05) is 20.3 Å². The Labute approximate surface area is 85.0 Å². The highest BCUT2D eigenvalue weighted by atomic mass is 16.5. The van der Waals surface area contributed by atoms with Crippen LogP contribution in [-0.4, -0.2) is 37.9 Å². The van der Waals surface area contributed by atoms with Crippen molar-refractivity contribution in [1.82, 2.24) is 5.32 Å². The molecule has 1 amide bonds. The molecule has 2 atom stereocenters. The summed E-state index contributed by atoms with van der Waals surface area (Å²) < 4.78 is 10.5. The summed E-state index contributed by atoms with van der Waals surface area (Å²) in [7, 11) is 1.53. The van der Waals surface area contributed by atoms with Gasteiger partial charge < -0.3 is 14.8 Å². The normalized spacial score (nSPS) is 28.8. The molecule has 0 spiro atoms. The van der Waals surface area contributed by atoms with Crippen LogP contribution in [0, 0.1) is 0 Å². The smallest absolute Gasteiger partial charge is 0.248 e. The summed E-state index contributed by atoms with van der Waals surface area (Å²) in [5, 5.41) is 2.83. The fourth-order valence-electron chi connectivity index (χ4n) is 1.50. The predicted molar refractivity (Wildman–Crippen MR) is 53.1 cm³/mol. The number of amides is 1. The van der Waals surface area contributed by atoms with Gasteiger partial charge in [-0.15, -0.1) is 0 Å². The van der Waals surface area contributed by atoms with Crippen molar-refractivity contribution in [3.05, 3.63) is 0 Å². The minimum absolute atomic E-state index is 0.0794. The molecule has 4 nitrogen and oxygen atoms in total. The maximum absolute atomic E-state index is 11.4. The zero-order valence-corrected chi connectivity index (χ0v) is 9.13. The van der Waals surface area contributed by atoms with Gasteiger partial charge in [-0.2, -0.15) is 0 Å². The van der Waals surface area contributed by atoms with Gasteiger partial charge in [-0.25, -0.2) is 0 Å². The highest BCUT2D eigenvalue weighted by Crippen LogP contribution is 2.23. The zero-order valence-electron chi connectivity index (χ0n) is 9.13. The Balaban J connectivity index is 2.29. The molecule has 1 fully saturated rings. The molecule has 1 aliphatic heterocycles. The van der Waals surface area contributed by atoms with Gasteiger partial charge in [-0.3, -0.25) is 4.79 Å². The van der Waals surface area contributed by atoms with Crippen LogP contribution >= 0.6 is 0 Å². The van der Waals surface area contributed by atoms with Crippen LogP contribution in [0.2, 0.25) is 0 Å². The highest BCUT2D eigenvalue weighted by Gasteiger charge is 2.30. The molecule has 1 saturated heterocycles. The van der Waals surface area contributed by atoms with E-state index in [1.54, 1.807) is 6.92 Å². The third-order valence-electron chi connectivity index (χ3n) is 2.66. The number of ether oxygens (including phenoxy) is 2. The molecule has 0 aromatic heterocycles. The quantitative estimate of drug-likeness (QED) is 0.728. The third-order valence-corrected chi connectivity index (χ3v) is 2.66. The minimum atomic E-state index is -0.389. The topological polar surface area (TPSA) is 47.6 Å². The van der Waals surface area contributed by atoms with Crippen LogP contribution < -0.4 is 5.32 Å². The monoisotopic (exact) mass is 201 g/mol. The van der Waals surface area contributed by atoms with Crippen LogP contribution in [-0.2, 0) is 14.3 Å². The fourth-order valence-corrected chi connectivity index (χ4v) is 1.50. The molecular formula is C10H19NO3. The highest BCUT2D eigenvalue weighted by molar-refractivity contribution is 5.80. The van der Waals surface area contributed by atoms with Crippen LogP contribution in [0.15, 0.2) is 0 Å². The van der Waals surface area contributed by atoms with E-state index in [2.05, 4.69) is 5.32 Å². The zero-order chi connectivity index (χ0) is 10.6. The Hall–Kier alpha value is -0.610. The average Bonchev–Trinajstić information content (AvgIpc) is 2.61. The molecule has 4 heteroatoms. The Kier molecular flexibility index (Phi) is 3.89. The van der Waals surface area contributed by atoms with Crippen molar-refractivity contribution in [3.63, 3.8) is 0 Å². The van der Waals surface area contributed by atoms with Gasteiger partial charge >= 0.3 is 0 Å². The molecule has 0 aromatic rings. The van der Waals surface area contributed by atoms with E-state index < -0.39 is 0 Å². The number of hydrogen-bond acceptors (Lipinski definition) is 3. The van der Waals surface area contributed by atoms with Crippen molar-refractivity contribution in [1.29, 1.82) is 0 Å². The lowest BCUT2D eigenvalue weighted by atomic mass is 10.0. The summed E-state index contributed by atoms with van der Waals surface area (Å²) in [4.78, 5) is 11.4. The second-order valence-electron chi connectivity index (χ2n) is 4.00. The molecule has 1 aliphatic rings. The lowest BCUT2D eigenvalue weighted by molar-refractivity contribution is -0.131. The standard InChI is InChI=1S/C10H19NO3/c1-8(13-3)9(12)11-7-10(2)5-4-6-14-10/h8H,4-7H2,1-3H3,(H,11,12). The molecule has 1 heterocycles. The van der Waals surface area contributed by atoms with Crippen LogP contribution in [0.25, 0.3) is 0 Å². The molecule has 0 aliphatic carbocycles. The number of methoxy groups -OCH3 is 1. The van der Waals surface area contributed by atoms with Crippen molar-refractivity contribution in [2.24, 2.45) is 0 Å². The molecule has 1 rings (SSSR count). The van der Waals surface area contributed by atoms with Gasteiger partial charge in [0.1, 0.15) is 6.10 Å². The lowest BCUT2D eigenvalue weighted by Gasteiger charge is -2.24. The molecule has 0 radical (unpaired) electrons. The van der Waals surface area contributed by atoms with Gasteiger partial charge in [0.05, 0.1) is 5.60 Å². The van der Waals surface area contributed by atoms with Crippen LogP contribution in [0.5, 0.6) is 0 Å². The van der Waals surface area contributed by atoms with E-state index in [0.717, 1.165) is 19.4 Å². The Morgan fingerprint density at radius 3 is 2.93 bits per heavy atom. The molecule has 1 N–H and O–H groups in total. The summed E-state index contributed by atoms with van der Waals surface area (Å²) in [5.74, 6) is -0.0794. The SMILES string of the molecule is COC(C)C(=O)NCC1(C)CCCO1. The van der Waals surface area contributed by atoms with Crippen LogP contribution in [0.3, 0.4) is 0 Å². The second kappa shape index (κ2) is 4.75. The van der Waals surface area contributed by atoms with Crippen molar-refractivity contribution in [2.45, 2.75) is 38.4 Å². The van der Waals surface area contributed by atoms with Crippen LogP contribution in [0.1, 0.15) is 26.7 Å². The molecule has 82 valence electrons. The van der Waals surface area contributed by atoms with E-state index in [1.165, 1.54) is 7.11 Å². The van der Waals surface area contributed by atoms with Gasteiger partial charge in [0.2, 0.25) is 5.91 Å². The first kappa shape index (κ1) is 11.5. The third kappa shape index (κ3) is 2.96. The van der Waals surface area contributed by atoms with Crippen molar-refractivity contribution in [2.75, 3.05) is 20.3 Å². The number of nitrogens with one attached hydrogen (secondary N) is 1. The summed E-state index contributed by atoms with van der Waals surface area (Å²) >= 11 is 0. The first-order valence-electron chi connectivity index (χ1n) is 5.02. The maximum atomic E-state index is 11.4. The summed E-state index contributed by atoms with van der Waals surface area (Å²) in [6.45, 7) is 5.12. The molecule has 0 bridgehead atoms. The van der Waals surface area contributed by atoms with E-state index in [4.69, 9.17) is 9.47 Å². The largest absolute Gasteiger partial charge is 0.373 e. The maximum Gasteiger partial charge on any atom is 0.248 e. The number of carbonyl (C=O) groups is 1.